The highest BCUT2D eigenvalue weighted by Gasteiger charge is 2.17. The molecule has 96 valence electrons. The highest BCUT2D eigenvalue weighted by atomic mass is 79.9. The van der Waals surface area contributed by atoms with Crippen LogP contribution in [0.15, 0.2) is 41.1 Å². The van der Waals surface area contributed by atoms with Crippen LogP contribution in [0.5, 0.6) is 0 Å². The summed E-state index contributed by atoms with van der Waals surface area (Å²) in [6.07, 6.45) is 3.53. The zero-order valence-corrected chi connectivity index (χ0v) is 11.8. The first-order valence-electron chi connectivity index (χ1n) is 5.75. The van der Waals surface area contributed by atoms with E-state index in [9.17, 15) is 5.11 Å². The van der Waals surface area contributed by atoms with Gasteiger partial charge in [0.1, 0.15) is 5.82 Å². The van der Waals surface area contributed by atoms with Crippen molar-refractivity contribution >= 4 is 15.9 Å². The minimum Gasteiger partial charge on any atom is -0.394 e. The summed E-state index contributed by atoms with van der Waals surface area (Å²) in [6.45, 7) is 0.748. The standard InChI is InChI=1S/C13H16BrN3O/c1-17(8-13-15-5-6-16-13)12(9-18)10-3-2-4-11(14)7-10/h2-7,12,18H,8-9H2,1H3,(H,15,16)/t12-/m0/s1. The van der Waals surface area contributed by atoms with Gasteiger partial charge in [-0.1, -0.05) is 28.1 Å². The monoisotopic (exact) mass is 309 g/mol. The third-order valence-corrected chi connectivity index (χ3v) is 3.39. The van der Waals surface area contributed by atoms with Crippen LogP contribution in [0.4, 0.5) is 0 Å². The van der Waals surface area contributed by atoms with Gasteiger partial charge in [0.25, 0.3) is 0 Å². The van der Waals surface area contributed by atoms with Crippen molar-refractivity contribution in [1.29, 1.82) is 0 Å². The molecule has 1 atom stereocenters. The molecule has 2 aromatic rings. The van der Waals surface area contributed by atoms with E-state index in [0.717, 1.165) is 15.9 Å². The molecule has 0 radical (unpaired) electrons. The van der Waals surface area contributed by atoms with Crippen molar-refractivity contribution < 1.29 is 5.11 Å². The molecule has 1 aromatic carbocycles. The Kier molecular flexibility index (Phi) is 4.52. The van der Waals surface area contributed by atoms with Gasteiger partial charge in [-0.05, 0) is 24.7 Å². The van der Waals surface area contributed by atoms with Crippen molar-refractivity contribution in [3.05, 3.63) is 52.5 Å². The minimum atomic E-state index is -0.0346. The number of hydrogen-bond acceptors (Lipinski definition) is 3. The molecular weight excluding hydrogens is 294 g/mol. The second kappa shape index (κ2) is 6.13. The molecule has 0 saturated heterocycles. The van der Waals surface area contributed by atoms with E-state index in [4.69, 9.17) is 0 Å². The molecular formula is C13H16BrN3O. The van der Waals surface area contributed by atoms with Gasteiger partial charge in [-0.15, -0.1) is 0 Å². The van der Waals surface area contributed by atoms with Crippen LogP contribution in [-0.2, 0) is 6.54 Å². The Hall–Kier alpha value is -1.17. The Bertz CT molecular complexity index is 487. The average molecular weight is 310 g/mol. The number of H-pyrrole nitrogens is 1. The van der Waals surface area contributed by atoms with Crippen LogP contribution in [0.25, 0.3) is 0 Å². The van der Waals surface area contributed by atoms with E-state index in [0.29, 0.717) is 6.54 Å². The summed E-state index contributed by atoms with van der Waals surface area (Å²) < 4.78 is 1.02. The number of rotatable bonds is 5. The van der Waals surface area contributed by atoms with E-state index in [1.165, 1.54) is 0 Å². The van der Waals surface area contributed by atoms with Crippen molar-refractivity contribution in [2.75, 3.05) is 13.7 Å². The lowest BCUT2D eigenvalue weighted by atomic mass is 10.1. The van der Waals surface area contributed by atoms with Crippen LogP contribution in [0.2, 0.25) is 0 Å². The summed E-state index contributed by atoms with van der Waals surface area (Å²) in [7, 11) is 1.98. The Morgan fingerprint density at radius 3 is 2.94 bits per heavy atom. The predicted molar refractivity (Wildman–Crippen MR) is 74.0 cm³/mol. The van der Waals surface area contributed by atoms with Crippen molar-refractivity contribution in [3.8, 4) is 0 Å². The third kappa shape index (κ3) is 3.19. The second-order valence-electron chi connectivity index (χ2n) is 4.20. The summed E-state index contributed by atoms with van der Waals surface area (Å²) in [6, 6.07) is 7.96. The fourth-order valence-corrected chi connectivity index (χ4v) is 2.36. The van der Waals surface area contributed by atoms with Gasteiger partial charge >= 0.3 is 0 Å². The molecule has 0 amide bonds. The largest absolute Gasteiger partial charge is 0.394 e. The number of imidazole rings is 1. The summed E-state index contributed by atoms with van der Waals surface area (Å²) >= 11 is 3.45. The molecule has 1 aromatic heterocycles. The molecule has 2 rings (SSSR count). The smallest absolute Gasteiger partial charge is 0.120 e. The maximum absolute atomic E-state index is 9.58. The molecule has 2 N–H and O–H groups in total. The zero-order valence-electron chi connectivity index (χ0n) is 10.2. The Balaban J connectivity index is 2.12. The van der Waals surface area contributed by atoms with Gasteiger partial charge < -0.3 is 10.1 Å². The van der Waals surface area contributed by atoms with Gasteiger partial charge in [0, 0.05) is 16.9 Å². The normalized spacial score (nSPS) is 12.9. The molecule has 5 heteroatoms. The Labute approximate surface area is 115 Å². The molecule has 0 saturated carbocycles. The number of aromatic nitrogens is 2. The van der Waals surface area contributed by atoms with Gasteiger partial charge in [-0.2, -0.15) is 0 Å². The molecule has 4 nitrogen and oxygen atoms in total. The van der Waals surface area contributed by atoms with Crippen LogP contribution >= 0.6 is 15.9 Å². The first-order valence-corrected chi connectivity index (χ1v) is 6.55. The van der Waals surface area contributed by atoms with Crippen molar-refractivity contribution in [3.63, 3.8) is 0 Å². The zero-order chi connectivity index (χ0) is 13.0. The molecule has 0 aliphatic heterocycles. The number of hydrogen-bond donors (Lipinski definition) is 2. The molecule has 0 spiro atoms. The van der Waals surface area contributed by atoms with E-state index in [1.54, 1.807) is 12.4 Å². The lowest BCUT2D eigenvalue weighted by Crippen LogP contribution is -2.27. The highest BCUT2D eigenvalue weighted by molar-refractivity contribution is 9.10. The number of nitrogens with zero attached hydrogens (tertiary/aromatic N) is 2. The van der Waals surface area contributed by atoms with Crippen LogP contribution in [0.1, 0.15) is 17.4 Å². The van der Waals surface area contributed by atoms with Gasteiger partial charge in [0.15, 0.2) is 0 Å². The minimum absolute atomic E-state index is 0.0346. The lowest BCUT2D eigenvalue weighted by Gasteiger charge is -2.26. The fraction of sp³-hybridized carbons (Fsp3) is 0.308. The number of likely N-dealkylation sites (N-methyl/N-ethyl adjacent to an activating group) is 1. The summed E-state index contributed by atoms with van der Waals surface area (Å²) in [5, 5.41) is 9.58. The van der Waals surface area contributed by atoms with Crippen LogP contribution in [0, 0.1) is 0 Å². The Morgan fingerprint density at radius 2 is 2.33 bits per heavy atom. The number of benzene rings is 1. The van der Waals surface area contributed by atoms with Gasteiger partial charge in [0.2, 0.25) is 0 Å². The van der Waals surface area contributed by atoms with Crippen molar-refractivity contribution in [1.82, 2.24) is 14.9 Å². The molecule has 0 bridgehead atoms. The van der Waals surface area contributed by atoms with Crippen LogP contribution in [0.3, 0.4) is 0 Å². The number of nitrogens with one attached hydrogen (secondary N) is 1. The molecule has 18 heavy (non-hydrogen) atoms. The van der Waals surface area contributed by atoms with Crippen molar-refractivity contribution in [2.45, 2.75) is 12.6 Å². The van der Waals surface area contributed by atoms with Gasteiger partial charge in [-0.25, -0.2) is 4.98 Å². The SMILES string of the molecule is CN(Cc1ncc[nH]1)[C@@H](CO)c1cccc(Br)c1. The quantitative estimate of drug-likeness (QED) is 0.891. The van der Waals surface area contributed by atoms with E-state index in [-0.39, 0.29) is 12.6 Å². The number of halogens is 1. The first kappa shape index (κ1) is 13.3. The highest BCUT2D eigenvalue weighted by Crippen LogP contribution is 2.23. The Morgan fingerprint density at radius 1 is 1.50 bits per heavy atom. The topological polar surface area (TPSA) is 52.2 Å². The second-order valence-corrected chi connectivity index (χ2v) is 5.12. The summed E-state index contributed by atoms with van der Waals surface area (Å²) in [5.41, 5.74) is 1.08. The lowest BCUT2D eigenvalue weighted by molar-refractivity contribution is 0.140. The van der Waals surface area contributed by atoms with Gasteiger partial charge in [-0.3, -0.25) is 4.90 Å². The number of aromatic amines is 1. The number of aliphatic hydroxyl groups excluding tert-OH is 1. The summed E-state index contributed by atoms with van der Waals surface area (Å²) in [5.74, 6) is 0.894. The van der Waals surface area contributed by atoms with E-state index in [1.807, 2.05) is 31.3 Å². The van der Waals surface area contributed by atoms with Crippen LogP contribution in [-0.4, -0.2) is 33.6 Å². The molecule has 0 aliphatic carbocycles. The molecule has 0 unspecified atom stereocenters. The van der Waals surface area contributed by atoms with E-state index < -0.39 is 0 Å². The maximum Gasteiger partial charge on any atom is 0.120 e. The maximum atomic E-state index is 9.58. The molecule has 1 heterocycles. The van der Waals surface area contributed by atoms with Crippen LogP contribution < -0.4 is 0 Å². The number of aliphatic hydroxyl groups is 1. The predicted octanol–water partition coefficient (Wildman–Crippen LogP) is 2.34. The summed E-state index contributed by atoms with van der Waals surface area (Å²) in [4.78, 5) is 9.33. The average Bonchev–Trinajstić information content (AvgIpc) is 2.83. The fourth-order valence-electron chi connectivity index (χ4n) is 1.94. The third-order valence-electron chi connectivity index (χ3n) is 2.89. The molecule has 0 fully saturated rings. The van der Waals surface area contributed by atoms with E-state index >= 15 is 0 Å². The first-order chi connectivity index (χ1) is 8.70. The van der Waals surface area contributed by atoms with Gasteiger partial charge in [0.05, 0.1) is 19.2 Å². The molecule has 0 aliphatic rings. The van der Waals surface area contributed by atoms with Crippen molar-refractivity contribution in [2.24, 2.45) is 0 Å². The van der Waals surface area contributed by atoms with E-state index in [2.05, 4.69) is 30.8 Å².